The van der Waals surface area contributed by atoms with Crippen LogP contribution in [-0.2, 0) is 11.4 Å². The first-order valence-electron chi connectivity index (χ1n) is 11.1. The number of carbonyl (C=O) groups excluding carboxylic acids is 2. The van der Waals surface area contributed by atoms with Gasteiger partial charge in [-0.15, -0.1) is 0 Å². The molecule has 1 heterocycles. The lowest BCUT2D eigenvalue weighted by molar-refractivity contribution is -0.123. The van der Waals surface area contributed by atoms with Crippen molar-refractivity contribution in [1.82, 2.24) is 5.01 Å². The maximum absolute atomic E-state index is 12.9. The van der Waals surface area contributed by atoms with E-state index in [4.69, 9.17) is 16.3 Å². The van der Waals surface area contributed by atoms with Crippen LogP contribution in [0, 0.1) is 0 Å². The lowest BCUT2D eigenvalue weighted by Crippen LogP contribution is -2.29. The third-order valence-electron chi connectivity index (χ3n) is 5.81. The second-order valence-electron chi connectivity index (χ2n) is 8.15. The maximum atomic E-state index is 12.9. The summed E-state index contributed by atoms with van der Waals surface area (Å²) in [7, 11) is 0. The molecule has 6 heteroatoms. The molecular weight excluding hydrogens is 460 g/mol. The van der Waals surface area contributed by atoms with Crippen molar-refractivity contribution in [1.29, 1.82) is 0 Å². The molecule has 4 aromatic rings. The number of imide groups is 1. The molecule has 0 N–H and O–H groups in total. The van der Waals surface area contributed by atoms with Crippen molar-refractivity contribution >= 4 is 46.0 Å². The first-order chi connectivity index (χ1) is 17.0. The number of hydrogen-bond acceptors (Lipinski definition) is 4. The van der Waals surface area contributed by atoms with E-state index >= 15 is 0 Å². The zero-order valence-corrected chi connectivity index (χ0v) is 19.7. The van der Waals surface area contributed by atoms with Gasteiger partial charge in [0.1, 0.15) is 12.4 Å². The molecule has 4 aromatic carbocycles. The highest BCUT2D eigenvalue weighted by Crippen LogP contribution is 2.29. The molecule has 0 saturated heterocycles. The van der Waals surface area contributed by atoms with Gasteiger partial charge in [-0.1, -0.05) is 78.3 Å². The molecule has 5 nitrogen and oxygen atoms in total. The van der Waals surface area contributed by atoms with Gasteiger partial charge in [-0.3, -0.25) is 9.59 Å². The third kappa shape index (κ3) is 4.59. The lowest BCUT2D eigenvalue weighted by atomic mass is 10.1. The normalized spacial score (nSPS) is 14.5. The summed E-state index contributed by atoms with van der Waals surface area (Å²) in [5, 5.41) is 7.79. The van der Waals surface area contributed by atoms with Crippen LogP contribution in [0.15, 0.2) is 102 Å². The molecule has 172 valence electrons. The number of ether oxygens (including phenoxy) is 1. The second-order valence-corrected chi connectivity index (χ2v) is 8.56. The lowest BCUT2D eigenvalue weighted by Gasteiger charge is -2.11. The van der Waals surface area contributed by atoms with Gasteiger partial charge in [0.2, 0.25) is 0 Å². The van der Waals surface area contributed by atoms with Gasteiger partial charge in [-0.2, -0.15) is 10.1 Å². The Labute approximate surface area is 207 Å². The molecule has 0 aliphatic carbocycles. The van der Waals surface area contributed by atoms with Crippen molar-refractivity contribution in [3.63, 3.8) is 0 Å². The van der Waals surface area contributed by atoms with Crippen LogP contribution in [0.3, 0.4) is 0 Å². The standard InChI is InChI=1S/C29H21ClN2O3/c1-19-25(29(34)32(31-19)28(33)22-9-3-2-4-10-22)16-20-14-15-27(26(30)17-20)35-18-23-12-7-11-21-8-5-6-13-24(21)23/h2-17H,18H2,1H3/b25-16+. The second kappa shape index (κ2) is 9.57. The summed E-state index contributed by atoms with van der Waals surface area (Å²) in [5.41, 5.74) is 2.98. The van der Waals surface area contributed by atoms with Gasteiger partial charge < -0.3 is 4.74 Å². The Morgan fingerprint density at radius 3 is 2.51 bits per heavy atom. The summed E-state index contributed by atoms with van der Waals surface area (Å²) >= 11 is 6.50. The monoisotopic (exact) mass is 480 g/mol. The van der Waals surface area contributed by atoms with Crippen molar-refractivity contribution in [2.75, 3.05) is 0 Å². The Bertz CT molecular complexity index is 1500. The number of halogens is 1. The largest absolute Gasteiger partial charge is 0.487 e. The molecule has 2 amide bonds. The van der Waals surface area contributed by atoms with E-state index in [9.17, 15) is 9.59 Å². The summed E-state index contributed by atoms with van der Waals surface area (Å²) in [5.74, 6) is -0.386. The Kier molecular flexibility index (Phi) is 6.17. The van der Waals surface area contributed by atoms with Crippen LogP contribution in [0.25, 0.3) is 16.8 Å². The van der Waals surface area contributed by atoms with E-state index in [1.54, 1.807) is 49.4 Å². The molecule has 0 atom stereocenters. The molecule has 1 aliphatic rings. The third-order valence-corrected chi connectivity index (χ3v) is 6.10. The molecule has 0 fully saturated rings. The van der Waals surface area contributed by atoms with Gasteiger partial charge in [0, 0.05) is 5.56 Å². The number of carbonyl (C=O) groups is 2. The molecule has 0 unspecified atom stereocenters. The quantitative estimate of drug-likeness (QED) is 0.241. The highest BCUT2D eigenvalue weighted by atomic mass is 35.5. The van der Waals surface area contributed by atoms with Gasteiger partial charge in [0.05, 0.1) is 16.3 Å². The summed E-state index contributed by atoms with van der Waals surface area (Å²) < 4.78 is 6.00. The highest BCUT2D eigenvalue weighted by Gasteiger charge is 2.32. The van der Waals surface area contributed by atoms with E-state index in [0.29, 0.717) is 39.8 Å². The zero-order valence-electron chi connectivity index (χ0n) is 18.9. The number of benzene rings is 4. The Morgan fingerprint density at radius 1 is 0.971 bits per heavy atom. The fraction of sp³-hybridized carbons (Fsp3) is 0.0690. The van der Waals surface area contributed by atoms with E-state index in [0.717, 1.165) is 21.3 Å². The van der Waals surface area contributed by atoms with Crippen LogP contribution in [0.2, 0.25) is 5.02 Å². The minimum absolute atomic E-state index is 0.342. The van der Waals surface area contributed by atoms with Gasteiger partial charge >= 0.3 is 0 Å². The van der Waals surface area contributed by atoms with Gasteiger partial charge in [0.25, 0.3) is 11.8 Å². The maximum Gasteiger partial charge on any atom is 0.283 e. The first kappa shape index (κ1) is 22.6. The molecular formula is C29H21ClN2O3. The van der Waals surface area contributed by atoms with Crippen LogP contribution >= 0.6 is 11.6 Å². The molecule has 1 aliphatic heterocycles. The number of fused-ring (bicyclic) bond motifs is 1. The van der Waals surface area contributed by atoms with Crippen LogP contribution in [0.1, 0.15) is 28.4 Å². The van der Waals surface area contributed by atoms with Crippen molar-refractivity contribution in [2.45, 2.75) is 13.5 Å². The van der Waals surface area contributed by atoms with Crippen LogP contribution in [0.5, 0.6) is 5.75 Å². The Balaban J connectivity index is 1.33. The smallest absolute Gasteiger partial charge is 0.283 e. The van der Waals surface area contributed by atoms with Crippen molar-refractivity contribution in [3.8, 4) is 5.75 Å². The molecule has 35 heavy (non-hydrogen) atoms. The van der Waals surface area contributed by atoms with E-state index in [1.165, 1.54) is 0 Å². The van der Waals surface area contributed by atoms with E-state index < -0.39 is 11.8 Å². The summed E-state index contributed by atoms with van der Waals surface area (Å²) in [6.45, 7) is 2.08. The molecule has 5 rings (SSSR count). The molecule has 0 bridgehead atoms. The number of nitrogens with zero attached hydrogens (tertiary/aromatic N) is 2. The van der Waals surface area contributed by atoms with E-state index in [-0.39, 0.29) is 0 Å². The highest BCUT2D eigenvalue weighted by molar-refractivity contribution is 6.33. The van der Waals surface area contributed by atoms with Crippen molar-refractivity contribution in [3.05, 3.63) is 118 Å². The first-order valence-corrected chi connectivity index (χ1v) is 11.5. The van der Waals surface area contributed by atoms with Gasteiger partial charge in [0.15, 0.2) is 0 Å². The summed E-state index contributed by atoms with van der Waals surface area (Å²) in [6.07, 6.45) is 1.68. The van der Waals surface area contributed by atoms with Gasteiger partial charge in [-0.25, -0.2) is 0 Å². The van der Waals surface area contributed by atoms with Crippen molar-refractivity contribution < 1.29 is 14.3 Å². The minimum atomic E-state index is -0.469. The van der Waals surface area contributed by atoms with E-state index in [1.807, 2.05) is 36.4 Å². The van der Waals surface area contributed by atoms with Crippen LogP contribution in [-0.4, -0.2) is 22.5 Å². The molecule has 0 radical (unpaired) electrons. The van der Waals surface area contributed by atoms with E-state index in [2.05, 4.69) is 23.3 Å². The summed E-state index contributed by atoms with van der Waals surface area (Å²) in [6, 6.07) is 28.2. The SMILES string of the molecule is CC1=NN(C(=O)c2ccccc2)C(=O)/C1=C/c1ccc(OCc2cccc3ccccc23)c(Cl)c1. The average molecular weight is 481 g/mol. The van der Waals surface area contributed by atoms with Crippen molar-refractivity contribution in [2.24, 2.45) is 5.10 Å². The Hall–Kier alpha value is -4.22. The summed E-state index contributed by atoms with van der Waals surface area (Å²) in [4.78, 5) is 25.6. The number of hydrazone groups is 1. The predicted octanol–water partition coefficient (Wildman–Crippen LogP) is 6.51. The fourth-order valence-corrected chi connectivity index (χ4v) is 4.23. The number of rotatable bonds is 5. The molecule has 0 aromatic heterocycles. The topological polar surface area (TPSA) is 59.0 Å². The molecule has 0 spiro atoms. The Morgan fingerprint density at radius 2 is 1.71 bits per heavy atom. The minimum Gasteiger partial charge on any atom is -0.487 e. The fourth-order valence-electron chi connectivity index (χ4n) is 3.99. The predicted molar refractivity (Wildman–Crippen MR) is 138 cm³/mol. The van der Waals surface area contributed by atoms with Crippen LogP contribution < -0.4 is 4.74 Å². The number of hydrogen-bond donors (Lipinski definition) is 0. The zero-order chi connectivity index (χ0) is 24.4. The van der Waals surface area contributed by atoms with Gasteiger partial charge in [-0.05, 0) is 59.2 Å². The average Bonchev–Trinajstić information content (AvgIpc) is 3.16. The number of amides is 2. The van der Waals surface area contributed by atoms with Crippen LogP contribution in [0.4, 0.5) is 0 Å². The molecule has 0 saturated carbocycles.